The fourth-order valence-corrected chi connectivity index (χ4v) is 2.28. The summed E-state index contributed by atoms with van der Waals surface area (Å²) in [6.45, 7) is 4.74. The number of carbonyl (C=O) groups is 1. The molecule has 0 aliphatic rings. The third-order valence-electron chi connectivity index (χ3n) is 3.76. The quantitative estimate of drug-likeness (QED) is 0.815. The second-order valence-corrected chi connectivity index (χ2v) is 5.48. The van der Waals surface area contributed by atoms with Crippen LogP contribution in [-0.2, 0) is 11.3 Å². The van der Waals surface area contributed by atoms with Gasteiger partial charge in [0.25, 0.3) is 0 Å². The molecule has 1 atom stereocenters. The summed E-state index contributed by atoms with van der Waals surface area (Å²) in [5, 5.41) is 6.35. The zero-order valence-corrected chi connectivity index (χ0v) is 13.9. The van der Waals surface area contributed by atoms with Crippen LogP contribution in [0.5, 0.6) is 5.75 Å². The Kier molecular flexibility index (Phi) is 6.18. The lowest BCUT2D eigenvalue weighted by Crippen LogP contribution is -2.18. The number of carbonyl (C=O) groups excluding carboxylic acids is 1. The van der Waals surface area contributed by atoms with E-state index in [0.29, 0.717) is 6.42 Å². The fourth-order valence-electron chi connectivity index (χ4n) is 2.28. The second-order valence-electron chi connectivity index (χ2n) is 5.48. The number of nitrogens with one attached hydrogen (secondary N) is 2. The van der Waals surface area contributed by atoms with E-state index in [4.69, 9.17) is 4.74 Å². The summed E-state index contributed by atoms with van der Waals surface area (Å²) < 4.78 is 5.24. The Hall–Kier alpha value is -2.33. The van der Waals surface area contributed by atoms with Crippen molar-refractivity contribution in [1.82, 2.24) is 5.32 Å². The molecule has 0 aliphatic carbocycles. The van der Waals surface area contributed by atoms with Crippen LogP contribution in [0.15, 0.2) is 48.5 Å². The third-order valence-corrected chi connectivity index (χ3v) is 3.76. The highest BCUT2D eigenvalue weighted by Crippen LogP contribution is 2.18. The lowest BCUT2D eigenvalue weighted by Gasteiger charge is -2.15. The maximum Gasteiger partial charge on any atom is 0.224 e. The number of rotatable bonds is 7. The molecule has 122 valence electrons. The molecular formula is C19H24N2O2. The molecule has 0 bridgehead atoms. The van der Waals surface area contributed by atoms with Crippen molar-refractivity contribution < 1.29 is 9.53 Å². The van der Waals surface area contributed by atoms with Gasteiger partial charge >= 0.3 is 0 Å². The first-order valence-electron chi connectivity index (χ1n) is 7.88. The summed E-state index contributed by atoms with van der Waals surface area (Å²) in [7, 11) is 1.67. The van der Waals surface area contributed by atoms with Crippen LogP contribution >= 0.6 is 0 Å². The van der Waals surface area contributed by atoms with Crippen molar-refractivity contribution in [2.75, 3.05) is 12.4 Å². The van der Waals surface area contributed by atoms with Crippen LogP contribution in [0.3, 0.4) is 0 Å². The minimum atomic E-state index is 0.0296. The molecule has 2 N–H and O–H groups in total. The summed E-state index contributed by atoms with van der Waals surface area (Å²) in [6.07, 6.45) is 0.486. The average molecular weight is 312 g/mol. The van der Waals surface area contributed by atoms with Gasteiger partial charge in [0.15, 0.2) is 0 Å². The standard InChI is InChI=1S/C19H24N2O2/c1-4-19(22)21-17-10-8-16(9-11-17)14(2)20-13-15-6-5-7-18(12-15)23-3/h5-12,14,20H,4,13H2,1-3H3,(H,21,22)/t14-/m0/s1. The molecule has 1 amide bonds. The summed E-state index contributed by atoms with van der Waals surface area (Å²) in [6, 6.07) is 16.2. The predicted octanol–water partition coefficient (Wildman–Crippen LogP) is 3.89. The Bertz CT molecular complexity index is 638. The maximum absolute atomic E-state index is 11.4. The van der Waals surface area contributed by atoms with Gasteiger partial charge in [-0.05, 0) is 42.3 Å². The molecule has 0 aromatic heterocycles. The van der Waals surface area contributed by atoms with Gasteiger partial charge in [-0.2, -0.15) is 0 Å². The van der Waals surface area contributed by atoms with Gasteiger partial charge in [-0.1, -0.05) is 31.2 Å². The monoisotopic (exact) mass is 312 g/mol. The van der Waals surface area contributed by atoms with Gasteiger partial charge < -0.3 is 15.4 Å². The number of methoxy groups -OCH3 is 1. The molecule has 2 rings (SSSR count). The van der Waals surface area contributed by atoms with Gasteiger partial charge in [0, 0.05) is 24.7 Å². The van der Waals surface area contributed by atoms with Gasteiger partial charge in [0.1, 0.15) is 5.75 Å². The van der Waals surface area contributed by atoms with Gasteiger partial charge in [-0.25, -0.2) is 0 Å². The third kappa shape index (κ3) is 5.11. The highest BCUT2D eigenvalue weighted by molar-refractivity contribution is 5.90. The first-order valence-corrected chi connectivity index (χ1v) is 7.88. The largest absolute Gasteiger partial charge is 0.497 e. The minimum Gasteiger partial charge on any atom is -0.497 e. The van der Waals surface area contributed by atoms with E-state index in [2.05, 4.69) is 23.6 Å². The molecule has 4 nitrogen and oxygen atoms in total. The van der Waals surface area contributed by atoms with E-state index < -0.39 is 0 Å². The molecule has 0 heterocycles. The first kappa shape index (κ1) is 17.0. The molecule has 0 fully saturated rings. The highest BCUT2D eigenvalue weighted by Gasteiger charge is 2.06. The molecule has 23 heavy (non-hydrogen) atoms. The lowest BCUT2D eigenvalue weighted by atomic mass is 10.1. The van der Waals surface area contributed by atoms with E-state index in [1.807, 2.05) is 49.4 Å². The molecule has 0 saturated heterocycles. The molecule has 2 aromatic rings. The average Bonchev–Trinajstić information content (AvgIpc) is 2.60. The van der Waals surface area contributed by atoms with Crippen LogP contribution in [0.4, 0.5) is 5.69 Å². The SMILES string of the molecule is CCC(=O)Nc1ccc([C@H](C)NCc2cccc(OC)c2)cc1. The van der Waals surface area contributed by atoms with E-state index >= 15 is 0 Å². The van der Waals surface area contributed by atoms with Crippen LogP contribution in [-0.4, -0.2) is 13.0 Å². The smallest absolute Gasteiger partial charge is 0.224 e. The molecule has 2 aromatic carbocycles. The number of benzene rings is 2. The van der Waals surface area contributed by atoms with Crippen molar-refractivity contribution in [3.8, 4) is 5.75 Å². The summed E-state index contributed by atoms with van der Waals surface area (Å²) >= 11 is 0. The van der Waals surface area contributed by atoms with E-state index in [1.54, 1.807) is 7.11 Å². The fraction of sp³-hybridized carbons (Fsp3) is 0.316. The Balaban J connectivity index is 1.92. The van der Waals surface area contributed by atoms with Crippen LogP contribution in [0, 0.1) is 0 Å². The Morgan fingerprint density at radius 2 is 1.91 bits per heavy atom. The van der Waals surface area contributed by atoms with Crippen LogP contribution < -0.4 is 15.4 Å². The zero-order chi connectivity index (χ0) is 16.7. The minimum absolute atomic E-state index is 0.0296. The first-order chi connectivity index (χ1) is 11.1. The van der Waals surface area contributed by atoms with E-state index in [0.717, 1.165) is 18.0 Å². The zero-order valence-electron chi connectivity index (χ0n) is 13.9. The van der Waals surface area contributed by atoms with Crippen LogP contribution in [0.2, 0.25) is 0 Å². The number of hydrogen-bond donors (Lipinski definition) is 2. The van der Waals surface area contributed by atoms with E-state index in [9.17, 15) is 4.79 Å². The molecule has 0 aliphatic heterocycles. The lowest BCUT2D eigenvalue weighted by molar-refractivity contribution is -0.115. The Labute approximate surface area is 137 Å². The number of ether oxygens (including phenoxy) is 1. The van der Waals surface area contributed by atoms with Crippen molar-refractivity contribution in [3.05, 3.63) is 59.7 Å². The normalized spacial score (nSPS) is 11.8. The van der Waals surface area contributed by atoms with E-state index in [-0.39, 0.29) is 11.9 Å². The molecule has 0 unspecified atom stereocenters. The second kappa shape index (κ2) is 8.34. The van der Waals surface area contributed by atoms with Crippen LogP contribution in [0.1, 0.15) is 37.4 Å². The van der Waals surface area contributed by atoms with Crippen molar-refractivity contribution in [3.63, 3.8) is 0 Å². The molecule has 0 spiro atoms. The topological polar surface area (TPSA) is 50.4 Å². The van der Waals surface area contributed by atoms with Crippen molar-refractivity contribution >= 4 is 11.6 Å². The maximum atomic E-state index is 11.4. The van der Waals surface area contributed by atoms with Crippen LogP contribution in [0.25, 0.3) is 0 Å². The Morgan fingerprint density at radius 1 is 1.17 bits per heavy atom. The molecule has 4 heteroatoms. The van der Waals surface area contributed by atoms with Crippen molar-refractivity contribution in [2.45, 2.75) is 32.9 Å². The Morgan fingerprint density at radius 3 is 2.57 bits per heavy atom. The van der Waals surface area contributed by atoms with Gasteiger partial charge in [-0.3, -0.25) is 4.79 Å². The summed E-state index contributed by atoms with van der Waals surface area (Å²) in [5.41, 5.74) is 3.20. The highest BCUT2D eigenvalue weighted by atomic mass is 16.5. The van der Waals surface area contributed by atoms with Crippen molar-refractivity contribution in [2.24, 2.45) is 0 Å². The predicted molar refractivity (Wildman–Crippen MR) is 93.6 cm³/mol. The van der Waals surface area contributed by atoms with E-state index in [1.165, 1.54) is 11.1 Å². The summed E-state index contributed by atoms with van der Waals surface area (Å²) in [5.74, 6) is 0.898. The van der Waals surface area contributed by atoms with Gasteiger partial charge in [0.05, 0.1) is 7.11 Å². The molecular weight excluding hydrogens is 288 g/mol. The summed E-state index contributed by atoms with van der Waals surface area (Å²) in [4.78, 5) is 11.4. The number of amides is 1. The number of anilines is 1. The van der Waals surface area contributed by atoms with Crippen molar-refractivity contribution in [1.29, 1.82) is 0 Å². The van der Waals surface area contributed by atoms with Gasteiger partial charge in [-0.15, -0.1) is 0 Å². The molecule has 0 radical (unpaired) electrons. The van der Waals surface area contributed by atoms with Gasteiger partial charge in [0.2, 0.25) is 5.91 Å². The number of hydrogen-bond acceptors (Lipinski definition) is 3. The molecule has 0 saturated carbocycles.